The lowest BCUT2D eigenvalue weighted by atomic mass is 9.77. The van der Waals surface area contributed by atoms with Gasteiger partial charge in [-0.1, -0.05) is 117 Å². The molecule has 0 fully saturated rings. The SMILES string of the molecule is Cc1c(Nc2ccc(-c3ccc(N4c5ccccc5C(C)(C)C4c4ccccc4)cc3)cc2)ccc2ccccc12. The van der Waals surface area contributed by atoms with Crippen LogP contribution < -0.4 is 10.2 Å². The largest absolute Gasteiger partial charge is 0.355 e. The Morgan fingerprint density at radius 3 is 2.00 bits per heavy atom. The summed E-state index contributed by atoms with van der Waals surface area (Å²) in [5.41, 5.74) is 11.1. The predicted molar refractivity (Wildman–Crippen MR) is 175 cm³/mol. The first-order valence-corrected chi connectivity index (χ1v) is 14.4. The highest BCUT2D eigenvalue weighted by atomic mass is 15.2. The Kier molecular flexibility index (Phi) is 6.12. The van der Waals surface area contributed by atoms with Crippen LogP contribution in [0.15, 0.2) is 140 Å². The summed E-state index contributed by atoms with van der Waals surface area (Å²) in [5, 5.41) is 6.17. The molecule has 1 aliphatic heterocycles. The molecule has 6 aromatic rings. The lowest BCUT2D eigenvalue weighted by molar-refractivity contribution is 0.449. The van der Waals surface area contributed by atoms with Crippen molar-refractivity contribution >= 4 is 33.5 Å². The molecule has 0 saturated heterocycles. The van der Waals surface area contributed by atoms with E-state index in [4.69, 9.17) is 0 Å². The van der Waals surface area contributed by atoms with Crippen LogP contribution in [0.5, 0.6) is 0 Å². The molecule has 1 N–H and O–H groups in total. The normalized spacial score (nSPS) is 15.6. The fourth-order valence-electron chi connectivity index (χ4n) is 6.61. The summed E-state index contributed by atoms with van der Waals surface area (Å²) in [6, 6.07) is 50.7. The minimum Gasteiger partial charge on any atom is -0.355 e. The highest BCUT2D eigenvalue weighted by molar-refractivity contribution is 5.90. The molecule has 7 rings (SSSR count). The third kappa shape index (κ3) is 4.37. The minimum absolute atomic E-state index is 0.0250. The lowest BCUT2D eigenvalue weighted by Crippen LogP contribution is -2.30. The van der Waals surface area contributed by atoms with Crippen molar-refractivity contribution in [1.82, 2.24) is 0 Å². The van der Waals surface area contributed by atoms with E-state index in [2.05, 4.69) is 171 Å². The van der Waals surface area contributed by atoms with Gasteiger partial charge in [-0.15, -0.1) is 0 Å². The summed E-state index contributed by atoms with van der Waals surface area (Å²) < 4.78 is 0. The van der Waals surface area contributed by atoms with Crippen LogP contribution in [-0.2, 0) is 5.41 Å². The number of anilines is 4. The van der Waals surface area contributed by atoms with E-state index in [1.54, 1.807) is 0 Å². The number of rotatable bonds is 5. The topological polar surface area (TPSA) is 15.3 Å². The van der Waals surface area contributed by atoms with Gasteiger partial charge < -0.3 is 10.2 Å². The van der Waals surface area contributed by atoms with Gasteiger partial charge in [0.05, 0.1) is 6.04 Å². The smallest absolute Gasteiger partial charge is 0.0683 e. The van der Waals surface area contributed by atoms with E-state index in [9.17, 15) is 0 Å². The molecule has 41 heavy (non-hydrogen) atoms. The third-order valence-corrected chi connectivity index (χ3v) is 8.76. The first-order chi connectivity index (χ1) is 20.0. The average molecular weight is 531 g/mol. The summed E-state index contributed by atoms with van der Waals surface area (Å²) >= 11 is 0. The Labute approximate surface area is 242 Å². The number of nitrogens with zero attached hydrogens (tertiary/aromatic N) is 1. The zero-order valence-electron chi connectivity index (χ0n) is 23.8. The van der Waals surface area contributed by atoms with E-state index in [1.807, 2.05) is 0 Å². The van der Waals surface area contributed by atoms with Crippen molar-refractivity contribution in [2.75, 3.05) is 10.2 Å². The molecule has 0 aromatic heterocycles. The highest BCUT2D eigenvalue weighted by Gasteiger charge is 2.45. The molecule has 0 saturated carbocycles. The number of fused-ring (bicyclic) bond motifs is 2. The minimum atomic E-state index is -0.0250. The summed E-state index contributed by atoms with van der Waals surface area (Å²) in [4.78, 5) is 2.52. The van der Waals surface area contributed by atoms with Gasteiger partial charge in [-0.25, -0.2) is 0 Å². The van der Waals surface area contributed by atoms with Crippen LogP contribution in [0.2, 0.25) is 0 Å². The molecule has 0 bridgehead atoms. The van der Waals surface area contributed by atoms with Crippen molar-refractivity contribution in [3.8, 4) is 11.1 Å². The molecule has 2 heteroatoms. The van der Waals surface area contributed by atoms with E-state index < -0.39 is 0 Å². The summed E-state index contributed by atoms with van der Waals surface area (Å²) in [6.45, 7) is 6.92. The molecular formula is C39H34N2. The van der Waals surface area contributed by atoms with Crippen molar-refractivity contribution in [3.63, 3.8) is 0 Å². The van der Waals surface area contributed by atoms with Gasteiger partial charge in [0.15, 0.2) is 0 Å². The maximum Gasteiger partial charge on any atom is 0.0683 e. The Morgan fingerprint density at radius 2 is 1.24 bits per heavy atom. The average Bonchev–Trinajstić information content (AvgIpc) is 3.26. The Morgan fingerprint density at radius 1 is 0.610 bits per heavy atom. The van der Waals surface area contributed by atoms with Crippen LogP contribution in [-0.4, -0.2) is 0 Å². The Bertz CT molecular complexity index is 1830. The molecular weight excluding hydrogens is 496 g/mol. The third-order valence-electron chi connectivity index (χ3n) is 8.76. The van der Waals surface area contributed by atoms with Crippen LogP contribution in [0.1, 0.15) is 36.6 Å². The second-order valence-electron chi connectivity index (χ2n) is 11.6. The molecule has 200 valence electrons. The van der Waals surface area contributed by atoms with Crippen LogP contribution in [0.4, 0.5) is 22.7 Å². The van der Waals surface area contributed by atoms with Crippen LogP contribution in [0.25, 0.3) is 21.9 Å². The molecule has 0 spiro atoms. The first kappa shape index (κ1) is 25.2. The number of aryl methyl sites for hydroxylation is 1. The first-order valence-electron chi connectivity index (χ1n) is 14.4. The molecule has 6 aromatic carbocycles. The van der Waals surface area contributed by atoms with Gasteiger partial charge in [0.25, 0.3) is 0 Å². The van der Waals surface area contributed by atoms with Gasteiger partial charge in [-0.05, 0) is 81.9 Å². The standard InChI is InChI=1S/C39H34N2/c1-27-34-14-8-7-11-30(34)21-26-36(27)40-32-22-17-28(18-23-32)29-19-24-33(25-20-29)41-37-16-10-9-15-35(37)39(2,3)38(41)31-12-5-4-6-13-31/h4-26,38,40H,1-3H3. The Hall–Kier alpha value is -4.82. The van der Waals surface area contributed by atoms with Gasteiger partial charge in [0.2, 0.25) is 0 Å². The van der Waals surface area contributed by atoms with E-state index in [0.29, 0.717) is 0 Å². The lowest BCUT2D eigenvalue weighted by Gasteiger charge is -2.35. The molecule has 1 aliphatic rings. The second-order valence-corrected chi connectivity index (χ2v) is 11.6. The number of benzene rings is 6. The van der Waals surface area contributed by atoms with E-state index in [0.717, 1.165) is 11.4 Å². The van der Waals surface area contributed by atoms with Crippen molar-refractivity contribution in [1.29, 1.82) is 0 Å². The zero-order chi connectivity index (χ0) is 28.0. The molecule has 0 aliphatic carbocycles. The van der Waals surface area contributed by atoms with Gasteiger partial charge in [-0.2, -0.15) is 0 Å². The highest BCUT2D eigenvalue weighted by Crippen LogP contribution is 2.55. The van der Waals surface area contributed by atoms with Crippen molar-refractivity contribution in [3.05, 3.63) is 156 Å². The fraction of sp³-hybridized carbons (Fsp3) is 0.128. The fourth-order valence-corrected chi connectivity index (χ4v) is 6.61. The van der Waals surface area contributed by atoms with E-state index in [1.165, 1.54) is 50.0 Å². The zero-order valence-corrected chi connectivity index (χ0v) is 23.8. The quantitative estimate of drug-likeness (QED) is 0.238. The van der Waals surface area contributed by atoms with Crippen LogP contribution >= 0.6 is 0 Å². The molecule has 0 amide bonds. The van der Waals surface area contributed by atoms with E-state index >= 15 is 0 Å². The van der Waals surface area contributed by atoms with Gasteiger partial charge in [0.1, 0.15) is 0 Å². The van der Waals surface area contributed by atoms with Crippen LogP contribution in [0, 0.1) is 6.92 Å². The summed E-state index contributed by atoms with van der Waals surface area (Å²) in [6.07, 6.45) is 0. The molecule has 1 unspecified atom stereocenters. The molecule has 0 radical (unpaired) electrons. The maximum absolute atomic E-state index is 3.62. The summed E-state index contributed by atoms with van der Waals surface area (Å²) in [7, 11) is 0. The van der Waals surface area contributed by atoms with Gasteiger partial charge >= 0.3 is 0 Å². The maximum atomic E-state index is 3.62. The number of para-hydroxylation sites is 1. The van der Waals surface area contributed by atoms with E-state index in [-0.39, 0.29) is 11.5 Å². The molecule has 1 atom stereocenters. The predicted octanol–water partition coefficient (Wildman–Crippen LogP) is 10.7. The van der Waals surface area contributed by atoms with Crippen molar-refractivity contribution in [2.24, 2.45) is 0 Å². The Balaban J connectivity index is 1.17. The summed E-state index contributed by atoms with van der Waals surface area (Å²) in [5.74, 6) is 0. The monoisotopic (exact) mass is 530 g/mol. The van der Waals surface area contributed by atoms with Gasteiger partial charge in [0, 0.05) is 28.2 Å². The molecule has 1 heterocycles. The number of nitrogens with one attached hydrogen (secondary N) is 1. The van der Waals surface area contributed by atoms with Crippen LogP contribution in [0.3, 0.4) is 0 Å². The van der Waals surface area contributed by atoms with Crippen molar-refractivity contribution < 1.29 is 0 Å². The van der Waals surface area contributed by atoms with Gasteiger partial charge in [-0.3, -0.25) is 0 Å². The van der Waals surface area contributed by atoms with Crippen molar-refractivity contribution in [2.45, 2.75) is 32.2 Å². The molecule has 2 nitrogen and oxygen atoms in total. The second kappa shape index (κ2) is 9.98. The number of hydrogen-bond acceptors (Lipinski definition) is 2. The number of hydrogen-bond donors (Lipinski definition) is 1.